The molecule has 0 radical (unpaired) electrons. The van der Waals surface area contributed by atoms with Gasteiger partial charge in [-0.05, 0) is 64.9 Å². The Kier molecular flexibility index (Phi) is 12.9. The summed E-state index contributed by atoms with van der Waals surface area (Å²) in [5, 5.41) is 0. The average Bonchev–Trinajstić information content (AvgIpc) is 2.82. The number of piperidine rings is 1. The zero-order valence-electron chi connectivity index (χ0n) is 19.7. The number of unbranched alkanes of at least 4 members (excludes halogenated alkanes) is 4. The predicted molar refractivity (Wildman–Crippen MR) is 127 cm³/mol. The van der Waals surface area contributed by atoms with Crippen LogP contribution in [0.15, 0.2) is 18.2 Å². The van der Waals surface area contributed by atoms with Gasteiger partial charge in [-0.25, -0.2) is 0 Å². The molecule has 1 aromatic rings. The highest BCUT2D eigenvalue weighted by molar-refractivity contribution is 5.78. The van der Waals surface area contributed by atoms with E-state index in [0.717, 1.165) is 37.3 Å². The second-order valence-corrected chi connectivity index (χ2v) is 8.82. The van der Waals surface area contributed by atoms with E-state index in [2.05, 4.69) is 4.90 Å². The monoisotopic (exact) mass is 444 g/mol. The van der Waals surface area contributed by atoms with Gasteiger partial charge in [-0.15, -0.1) is 0 Å². The van der Waals surface area contributed by atoms with Crippen LogP contribution < -0.4 is 4.74 Å². The quantitative estimate of drug-likeness (QED) is 0.264. The van der Waals surface area contributed by atoms with Crippen LogP contribution in [0.5, 0.6) is 5.75 Å². The van der Waals surface area contributed by atoms with Gasteiger partial charge < -0.3 is 19.2 Å². The van der Waals surface area contributed by atoms with E-state index in [-0.39, 0.29) is 6.04 Å². The number of ether oxygens (including phenoxy) is 1. The van der Waals surface area contributed by atoms with Gasteiger partial charge >= 0.3 is 0 Å². The van der Waals surface area contributed by atoms with Gasteiger partial charge in [0.25, 0.3) is 0 Å². The van der Waals surface area contributed by atoms with Crippen molar-refractivity contribution < 1.29 is 19.1 Å². The van der Waals surface area contributed by atoms with Crippen molar-refractivity contribution in [3.8, 4) is 5.75 Å². The van der Waals surface area contributed by atoms with Gasteiger partial charge in [-0.3, -0.25) is 9.69 Å². The first-order chi connectivity index (χ1) is 15.7. The molecule has 1 heterocycles. The highest BCUT2D eigenvalue weighted by atomic mass is 16.5. The fourth-order valence-corrected chi connectivity index (χ4v) is 4.33. The summed E-state index contributed by atoms with van der Waals surface area (Å²) in [6.45, 7) is 4.82. The van der Waals surface area contributed by atoms with Crippen LogP contribution >= 0.6 is 0 Å². The second-order valence-electron chi connectivity index (χ2n) is 8.82. The zero-order valence-corrected chi connectivity index (χ0v) is 19.7. The number of hydrogen-bond acceptors (Lipinski definition) is 6. The molecule has 0 aromatic heterocycles. The van der Waals surface area contributed by atoms with Crippen LogP contribution in [0.4, 0.5) is 0 Å². The van der Waals surface area contributed by atoms with E-state index in [0.29, 0.717) is 37.3 Å². The third-order valence-corrected chi connectivity index (χ3v) is 6.33. The topological polar surface area (TPSA) is 66.9 Å². The Bertz CT molecular complexity index is 688. The third kappa shape index (κ3) is 9.21. The summed E-state index contributed by atoms with van der Waals surface area (Å²) in [6, 6.07) is 5.12. The highest BCUT2D eigenvalue weighted by Gasteiger charge is 2.18. The largest absolute Gasteiger partial charge is 0.493 e. The Morgan fingerprint density at radius 1 is 1.03 bits per heavy atom. The molecule has 32 heavy (non-hydrogen) atoms. The molecule has 0 N–H and O–H groups in total. The summed E-state index contributed by atoms with van der Waals surface area (Å²) in [5.74, 6) is 0.701. The number of rotatable bonds is 17. The number of benzene rings is 1. The minimum Gasteiger partial charge on any atom is -0.493 e. The molecule has 0 aliphatic carbocycles. The van der Waals surface area contributed by atoms with Gasteiger partial charge in [0, 0.05) is 24.1 Å². The van der Waals surface area contributed by atoms with Crippen LogP contribution in [0.3, 0.4) is 0 Å². The number of hydrogen-bond donors (Lipinski definition) is 0. The van der Waals surface area contributed by atoms with E-state index in [1.807, 2.05) is 24.1 Å². The van der Waals surface area contributed by atoms with Crippen LogP contribution in [-0.2, 0) is 16.1 Å². The maximum Gasteiger partial charge on any atom is 0.150 e. The van der Waals surface area contributed by atoms with Gasteiger partial charge in [0.1, 0.15) is 18.3 Å². The lowest BCUT2D eigenvalue weighted by Crippen LogP contribution is -2.33. The molecule has 178 valence electrons. The normalized spacial score (nSPS) is 15.4. The molecule has 6 heteroatoms. The van der Waals surface area contributed by atoms with Gasteiger partial charge in [-0.1, -0.05) is 37.8 Å². The standard InChI is InChI=1S/C26H40N2O4/c1-27(24(22-31)13-11-18-29)20-25-23(21-30)12-10-14-26(25)32-19-9-4-2-3-6-15-28-16-7-5-8-17-28/h10,12,14,18,21-22,24H,2-9,11,13,15-17,19-20H2,1H3. The first-order valence-electron chi connectivity index (χ1n) is 12.2. The van der Waals surface area contributed by atoms with Gasteiger partial charge in [0.15, 0.2) is 6.29 Å². The van der Waals surface area contributed by atoms with Crippen molar-refractivity contribution in [3.05, 3.63) is 29.3 Å². The molecule has 0 bridgehead atoms. The highest BCUT2D eigenvalue weighted by Crippen LogP contribution is 2.24. The first kappa shape index (κ1) is 26.2. The van der Waals surface area contributed by atoms with E-state index in [4.69, 9.17) is 4.74 Å². The molecule has 0 amide bonds. The Hall–Kier alpha value is -2.05. The Balaban J connectivity index is 1.75. The van der Waals surface area contributed by atoms with Crippen molar-refractivity contribution in [2.45, 2.75) is 76.8 Å². The van der Waals surface area contributed by atoms with E-state index in [1.54, 1.807) is 6.07 Å². The van der Waals surface area contributed by atoms with Crippen molar-refractivity contribution in [2.75, 3.05) is 33.3 Å². The zero-order chi connectivity index (χ0) is 23.0. The van der Waals surface area contributed by atoms with Gasteiger partial charge in [0.2, 0.25) is 0 Å². The molecule has 1 unspecified atom stereocenters. The molecule has 1 aliphatic rings. The number of carbonyl (C=O) groups excluding carboxylic acids is 3. The first-order valence-corrected chi connectivity index (χ1v) is 12.2. The maximum absolute atomic E-state index is 11.6. The Morgan fingerprint density at radius 3 is 2.50 bits per heavy atom. The molecule has 1 aromatic carbocycles. The lowest BCUT2D eigenvalue weighted by atomic mass is 10.0. The number of aldehydes is 3. The van der Waals surface area contributed by atoms with Crippen molar-refractivity contribution in [1.82, 2.24) is 9.80 Å². The van der Waals surface area contributed by atoms with E-state index >= 15 is 0 Å². The number of likely N-dealkylation sites (N-methyl/N-ethyl adjacent to an activating group) is 1. The van der Waals surface area contributed by atoms with Crippen molar-refractivity contribution >= 4 is 18.9 Å². The number of likely N-dealkylation sites (tertiary alicyclic amines) is 1. The van der Waals surface area contributed by atoms with Crippen LogP contribution in [0.2, 0.25) is 0 Å². The minimum absolute atomic E-state index is 0.338. The van der Waals surface area contributed by atoms with E-state index in [9.17, 15) is 14.4 Å². The fourth-order valence-electron chi connectivity index (χ4n) is 4.33. The molecule has 0 spiro atoms. The summed E-state index contributed by atoms with van der Waals surface area (Å²) in [5.41, 5.74) is 1.37. The smallest absolute Gasteiger partial charge is 0.150 e. The SMILES string of the molecule is CN(Cc1c(C=O)cccc1OCCCCCCCN1CCCCC1)C(C=O)CCC=O. The Labute approximate surface area is 193 Å². The minimum atomic E-state index is -0.363. The molecule has 2 rings (SSSR count). The van der Waals surface area contributed by atoms with Crippen LogP contribution in [-0.4, -0.2) is 68.0 Å². The molecule has 0 saturated carbocycles. The summed E-state index contributed by atoms with van der Waals surface area (Å²) >= 11 is 0. The molecule has 6 nitrogen and oxygen atoms in total. The number of nitrogens with zero attached hydrogens (tertiary/aromatic N) is 2. The van der Waals surface area contributed by atoms with E-state index in [1.165, 1.54) is 58.2 Å². The summed E-state index contributed by atoms with van der Waals surface area (Å²) in [4.78, 5) is 38.1. The molecule has 1 saturated heterocycles. The van der Waals surface area contributed by atoms with Crippen LogP contribution in [0.25, 0.3) is 0 Å². The third-order valence-electron chi connectivity index (χ3n) is 6.33. The Morgan fingerprint density at radius 2 is 1.78 bits per heavy atom. The van der Waals surface area contributed by atoms with E-state index < -0.39 is 0 Å². The van der Waals surface area contributed by atoms with Crippen molar-refractivity contribution in [1.29, 1.82) is 0 Å². The fraction of sp³-hybridized carbons (Fsp3) is 0.654. The predicted octanol–water partition coefficient (Wildman–Crippen LogP) is 4.29. The molecular weight excluding hydrogens is 404 g/mol. The van der Waals surface area contributed by atoms with Crippen molar-refractivity contribution in [2.24, 2.45) is 0 Å². The molecular formula is C26H40N2O4. The lowest BCUT2D eigenvalue weighted by molar-refractivity contribution is -0.113. The van der Waals surface area contributed by atoms with Crippen molar-refractivity contribution in [3.63, 3.8) is 0 Å². The maximum atomic E-state index is 11.6. The van der Waals surface area contributed by atoms with Gasteiger partial charge in [-0.2, -0.15) is 0 Å². The molecule has 1 fully saturated rings. The van der Waals surface area contributed by atoms with Crippen LogP contribution in [0.1, 0.15) is 80.1 Å². The summed E-state index contributed by atoms with van der Waals surface area (Å²) in [7, 11) is 1.83. The summed E-state index contributed by atoms with van der Waals surface area (Å²) in [6.07, 6.45) is 13.3. The average molecular weight is 445 g/mol. The van der Waals surface area contributed by atoms with Gasteiger partial charge in [0.05, 0.1) is 12.6 Å². The lowest BCUT2D eigenvalue weighted by Gasteiger charge is -2.26. The molecule has 1 atom stereocenters. The van der Waals surface area contributed by atoms with Crippen LogP contribution in [0, 0.1) is 0 Å². The summed E-state index contributed by atoms with van der Waals surface area (Å²) < 4.78 is 6.04. The second kappa shape index (κ2) is 15.7. The number of carbonyl (C=O) groups is 3. The molecule has 1 aliphatic heterocycles.